The van der Waals surface area contributed by atoms with E-state index in [4.69, 9.17) is 9.47 Å². The van der Waals surface area contributed by atoms with Gasteiger partial charge in [0.15, 0.2) is 5.75 Å². The van der Waals surface area contributed by atoms with Crippen molar-refractivity contribution < 1.29 is 9.47 Å². The van der Waals surface area contributed by atoms with E-state index >= 15 is 0 Å². The van der Waals surface area contributed by atoms with Crippen molar-refractivity contribution in [3.63, 3.8) is 0 Å². The van der Waals surface area contributed by atoms with Crippen LogP contribution in [0.5, 0.6) is 10.8 Å². The van der Waals surface area contributed by atoms with E-state index < -0.39 is 0 Å². The van der Waals surface area contributed by atoms with E-state index in [9.17, 15) is 0 Å². The summed E-state index contributed by atoms with van der Waals surface area (Å²) in [5, 5.41) is 2.91. The molecule has 0 aliphatic carbocycles. The quantitative estimate of drug-likeness (QED) is 0.571. The van der Waals surface area contributed by atoms with Crippen LogP contribution < -0.4 is 9.47 Å². The van der Waals surface area contributed by atoms with Crippen LogP contribution in [0.25, 0.3) is 0 Å². The molecule has 1 aromatic rings. The second-order valence-electron chi connectivity index (χ2n) is 2.12. The molecule has 0 bridgehead atoms. The van der Waals surface area contributed by atoms with Gasteiger partial charge >= 0.3 is 0 Å². The topological polar surface area (TPSA) is 18.5 Å². The smallest absolute Gasteiger partial charge is 0.216 e. The van der Waals surface area contributed by atoms with Gasteiger partial charge in [0.1, 0.15) is 0 Å². The molecular weight excluding hydrogens is 148 g/mol. The fourth-order valence-electron chi connectivity index (χ4n) is 0.902. The Bertz CT molecular complexity index is 199. The summed E-state index contributed by atoms with van der Waals surface area (Å²) in [6, 6.07) is 1.95. The van der Waals surface area contributed by atoms with Crippen LogP contribution in [0.15, 0.2) is 11.4 Å². The van der Waals surface area contributed by atoms with E-state index in [0.29, 0.717) is 0 Å². The first-order valence-electron chi connectivity index (χ1n) is 3.30. The summed E-state index contributed by atoms with van der Waals surface area (Å²) in [6.45, 7) is 1.57. The molecule has 2 heterocycles. The van der Waals surface area contributed by atoms with Gasteiger partial charge in [0.25, 0.3) is 0 Å². The molecule has 0 saturated carbocycles. The van der Waals surface area contributed by atoms with Gasteiger partial charge in [0.2, 0.25) is 5.06 Å². The molecule has 1 aliphatic rings. The third kappa shape index (κ3) is 0.968. The molecule has 1 aliphatic heterocycles. The van der Waals surface area contributed by atoms with E-state index in [-0.39, 0.29) is 0 Å². The Morgan fingerprint density at radius 3 is 3.20 bits per heavy atom. The highest BCUT2D eigenvalue weighted by atomic mass is 32.1. The van der Waals surface area contributed by atoms with Crippen molar-refractivity contribution in [2.75, 3.05) is 13.2 Å². The molecule has 0 amide bonds. The Morgan fingerprint density at radius 2 is 2.20 bits per heavy atom. The zero-order chi connectivity index (χ0) is 6.81. The molecule has 2 nitrogen and oxygen atoms in total. The molecule has 54 valence electrons. The molecule has 0 spiro atoms. The van der Waals surface area contributed by atoms with E-state index in [1.807, 2.05) is 11.4 Å². The summed E-state index contributed by atoms with van der Waals surface area (Å²) in [4.78, 5) is 0. The van der Waals surface area contributed by atoms with Crippen molar-refractivity contribution in [2.24, 2.45) is 0 Å². The molecule has 0 atom stereocenters. The Balaban J connectivity index is 2.28. The van der Waals surface area contributed by atoms with Gasteiger partial charge < -0.3 is 9.47 Å². The molecule has 0 saturated heterocycles. The number of hydrogen-bond donors (Lipinski definition) is 0. The molecule has 0 fully saturated rings. The van der Waals surface area contributed by atoms with Crippen LogP contribution in [0.2, 0.25) is 0 Å². The van der Waals surface area contributed by atoms with Crippen molar-refractivity contribution in [3.8, 4) is 10.8 Å². The Kier molecular flexibility index (Phi) is 1.51. The van der Waals surface area contributed by atoms with Gasteiger partial charge in [-0.05, 0) is 11.4 Å². The molecule has 0 aromatic carbocycles. The molecular formula is C7H8O2S. The number of rotatable bonds is 0. The molecule has 10 heavy (non-hydrogen) atoms. The minimum absolute atomic E-state index is 0.781. The zero-order valence-corrected chi connectivity index (χ0v) is 6.32. The van der Waals surface area contributed by atoms with Gasteiger partial charge in [-0.15, -0.1) is 11.3 Å². The van der Waals surface area contributed by atoms with Crippen molar-refractivity contribution in [1.29, 1.82) is 0 Å². The van der Waals surface area contributed by atoms with Crippen LogP contribution in [0.1, 0.15) is 6.42 Å². The second kappa shape index (κ2) is 2.50. The SMILES string of the molecule is c1cc2c(s1)OCCCO2. The van der Waals surface area contributed by atoms with Gasteiger partial charge in [0.05, 0.1) is 13.2 Å². The van der Waals surface area contributed by atoms with Crippen LogP contribution in [-0.4, -0.2) is 13.2 Å². The Labute approximate surface area is 63.4 Å². The number of fused-ring (bicyclic) bond motifs is 1. The minimum Gasteiger partial charge on any atom is -0.489 e. The Morgan fingerprint density at radius 1 is 1.30 bits per heavy atom. The number of hydrogen-bond acceptors (Lipinski definition) is 3. The largest absolute Gasteiger partial charge is 0.489 e. The number of thiophene rings is 1. The first-order chi connectivity index (χ1) is 4.97. The number of ether oxygens (including phenoxy) is 2. The fraction of sp³-hybridized carbons (Fsp3) is 0.429. The highest BCUT2D eigenvalue weighted by Gasteiger charge is 2.09. The van der Waals surface area contributed by atoms with Gasteiger partial charge in [-0.25, -0.2) is 0 Å². The second-order valence-corrected chi connectivity index (χ2v) is 3.00. The Hall–Kier alpha value is -0.700. The molecule has 0 unspecified atom stereocenters. The standard InChI is InChI=1S/C7H8O2S/c1-3-8-6-2-5-10-7(6)9-4-1/h2,5H,1,3-4H2. The summed E-state index contributed by atoms with van der Waals surface area (Å²) in [5.74, 6) is 0.905. The van der Waals surface area contributed by atoms with E-state index in [0.717, 1.165) is 30.4 Å². The van der Waals surface area contributed by atoms with Crippen molar-refractivity contribution in [1.82, 2.24) is 0 Å². The fourth-order valence-corrected chi connectivity index (χ4v) is 1.61. The highest BCUT2D eigenvalue weighted by Crippen LogP contribution is 2.34. The van der Waals surface area contributed by atoms with Crippen LogP contribution in [0.4, 0.5) is 0 Å². The van der Waals surface area contributed by atoms with E-state index in [2.05, 4.69) is 0 Å². The lowest BCUT2D eigenvalue weighted by atomic mass is 10.5. The minimum atomic E-state index is 0.781. The predicted octanol–water partition coefficient (Wildman–Crippen LogP) is 1.91. The van der Waals surface area contributed by atoms with Crippen LogP contribution >= 0.6 is 11.3 Å². The van der Waals surface area contributed by atoms with E-state index in [1.165, 1.54) is 0 Å². The lowest BCUT2D eigenvalue weighted by molar-refractivity contribution is 0.298. The molecule has 2 rings (SSSR count). The van der Waals surface area contributed by atoms with Gasteiger partial charge in [-0.1, -0.05) is 0 Å². The maximum atomic E-state index is 5.38. The molecule has 3 heteroatoms. The van der Waals surface area contributed by atoms with Gasteiger partial charge in [-0.2, -0.15) is 0 Å². The van der Waals surface area contributed by atoms with Gasteiger partial charge in [0, 0.05) is 6.42 Å². The first-order valence-corrected chi connectivity index (χ1v) is 4.18. The first kappa shape index (κ1) is 6.04. The summed E-state index contributed by atoms with van der Waals surface area (Å²) in [5.41, 5.74) is 0. The maximum Gasteiger partial charge on any atom is 0.216 e. The molecule has 0 radical (unpaired) electrons. The summed E-state index contributed by atoms with van der Waals surface area (Å²) in [7, 11) is 0. The van der Waals surface area contributed by atoms with Crippen LogP contribution in [-0.2, 0) is 0 Å². The van der Waals surface area contributed by atoms with E-state index in [1.54, 1.807) is 11.3 Å². The highest BCUT2D eigenvalue weighted by molar-refractivity contribution is 7.12. The average Bonchev–Trinajstić information content (AvgIpc) is 2.28. The van der Waals surface area contributed by atoms with Crippen molar-refractivity contribution in [2.45, 2.75) is 6.42 Å². The van der Waals surface area contributed by atoms with Crippen LogP contribution in [0.3, 0.4) is 0 Å². The summed E-state index contributed by atoms with van der Waals surface area (Å²) in [6.07, 6.45) is 0.988. The van der Waals surface area contributed by atoms with Crippen molar-refractivity contribution in [3.05, 3.63) is 11.4 Å². The monoisotopic (exact) mass is 156 g/mol. The average molecular weight is 156 g/mol. The van der Waals surface area contributed by atoms with Gasteiger partial charge in [-0.3, -0.25) is 0 Å². The normalized spacial score (nSPS) is 16.4. The lowest BCUT2D eigenvalue weighted by Gasteiger charge is -1.97. The molecule has 1 aromatic heterocycles. The predicted molar refractivity (Wildman–Crippen MR) is 39.9 cm³/mol. The third-order valence-electron chi connectivity index (χ3n) is 1.38. The van der Waals surface area contributed by atoms with Crippen LogP contribution in [0, 0.1) is 0 Å². The van der Waals surface area contributed by atoms with Crippen molar-refractivity contribution >= 4 is 11.3 Å². The maximum absolute atomic E-state index is 5.38. The third-order valence-corrected chi connectivity index (χ3v) is 2.18. The zero-order valence-electron chi connectivity index (χ0n) is 5.50. The summed E-state index contributed by atoms with van der Waals surface area (Å²) < 4.78 is 10.8. The lowest BCUT2D eigenvalue weighted by Crippen LogP contribution is -1.97. The summed E-state index contributed by atoms with van der Waals surface area (Å²) >= 11 is 1.59. The molecule has 0 N–H and O–H groups in total.